The first-order chi connectivity index (χ1) is 14.9. The summed E-state index contributed by atoms with van der Waals surface area (Å²) in [6, 6.07) is 12.5. The number of anilines is 2. The van der Waals surface area contributed by atoms with Crippen molar-refractivity contribution in [3.8, 4) is 11.5 Å². The van der Waals surface area contributed by atoms with E-state index in [1.165, 1.54) is 51.0 Å². The molecule has 0 radical (unpaired) electrons. The van der Waals surface area contributed by atoms with Crippen LogP contribution in [0.15, 0.2) is 78.1 Å². The molecule has 160 valence electrons. The van der Waals surface area contributed by atoms with Gasteiger partial charge >= 0.3 is 0 Å². The van der Waals surface area contributed by atoms with Gasteiger partial charge in [-0.2, -0.15) is 0 Å². The topological polar surface area (TPSA) is 120 Å². The Morgan fingerprint density at radius 3 is 2.29 bits per heavy atom. The highest BCUT2D eigenvalue weighted by molar-refractivity contribution is 7.92. The van der Waals surface area contributed by atoms with E-state index < -0.39 is 10.0 Å². The minimum absolute atomic E-state index is 0.0127. The van der Waals surface area contributed by atoms with Crippen LogP contribution in [0.3, 0.4) is 0 Å². The van der Waals surface area contributed by atoms with Crippen molar-refractivity contribution in [2.45, 2.75) is 4.90 Å². The molecule has 31 heavy (non-hydrogen) atoms. The molecule has 3 aromatic rings. The van der Waals surface area contributed by atoms with Crippen molar-refractivity contribution in [2.24, 2.45) is 0 Å². The van der Waals surface area contributed by atoms with E-state index in [1.807, 2.05) is 0 Å². The van der Waals surface area contributed by atoms with Gasteiger partial charge in [-0.3, -0.25) is 4.79 Å². The zero-order valence-corrected chi connectivity index (χ0v) is 17.6. The van der Waals surface area contributed by atoms with E-state index in [4.69, 9.17) is 9.47 Å². The number of carbonyl (C=O) groups excluding carboxylic acids is 1. The Kier molecular flexibility index (Phi) is 6.83. The molecule has 0 aliphatic rings. The van der Waals surface area contributed by atoms with Crippen molar-refractivity contribution in [1.82, 2.24) is 9.97 Å². The molecule has 2 N–H and O–H groups in total. The van der Waals surface area contributed by atoms with Gasteiger partial charge in [-0.25, -0.2) is 23.1 Å². The van der Waals surface area contributed by atoms with Gasteiger partial charge in [0.25, 0.3) is 10.0 Å². The number of benzene rings is 2. The predicted molar refractivity (Wildman–Crippen MR) is 116 cm³/mol. The lowest BCUT2D eigenvalue weighted by molar-refractivity contribution is 0.104. The van der Waals surface area contributed by atoms with Crippen LogP contribution in [0, 0.1) is 0 Å². The van der Waals surface area contributed by atoms with Gasteiger partial charge in [0.15, 0.2) is 17.3 Å². The number of carbonyl (C=O) groups is 1. The van der Waals surface area contributed by atoms with E-state index in [1.54, 1.807) is 36.4 Å². The summed E-state index contributed by atoms with van der Waals surface area (Å²) in [6.07, 6.45) is 5.71. The second kappa shape index (κ2) is 9.72. The van der Waals surface area contributed by atoms with Crippen LogP contribution in [0.5, 0.6) is 11.5 Å². The number of methoxy groups -OCH3 is 2. The number of nitrogens with zero attached hydrogens (tertiary/aromatic N) is 2. The average molecular weight is 440 g/mol. The zero-order valence-electron chi connectivity index (χ0n) is 16.8. The lowest BCUT2D eigenvalue weighted by Crippen LogP contribution is -2.14. The molecular formula is C21H20N4O5S. The van der Waals surface area contributed by atoms with Crippen molar-refractivity contribution in [3.63, 3.8) is 0 Å². The molecule has 0 atom stereocenters. The fourth-order valence-corrected chi connectivity index (χ4v) is 3.52. The highest BCUT2D eigenvalue weighted by atomic mass is 32.2. The fourth-order valence-electron chi connectivity index (χ4n) is 2.56. The normalized spacial score (nSPS) is 11.2. The molecule has 10 heteroatoms. The smallest absolute Gasteiger partial charge is 0.264 e. The second-order valence-electron chi connectivity index (χ2n) is 6.11. The molecule has 0 fully saturated rings. The lowest BCUT2D eigenvalue weighted by atomic mass is 10.1. The van der Waals surface area contributed by atoms with Crippen LogP contribution in [0.25, 0.3) is 0 Å². The van der Waals surface area contributed by atoms with Gasteiger partial charge in [0.2, 0.25) is 5.95 Å². The van der Waals surface area contributed by atoms with Crippen LogP contribution < -0.4 is 19.5 Å². The third-order valence-corrected chi connectivity index (χ3v) is 5.45. The molecule has 0 aliphatic heterocycles. The summed E-state index contributed by atoms with van der Waals surface area (Å²) in [5, 5.41) is 2.93. The maximum Gasteiger partial charge on any atom is 0.264 e. The van der Waals surface area contributed by atoms with Gasteiger partial charge in [0.1, 0.15) is 0 Å². The van der Waals surface area contributed by atoms with Crippen LogP contribution in [0.4, 0.5) is 11.6 Å². The molecule has 9 nitrogen and oxygen atoms in total. The Morgan fingerprint density at radius 1 is 0.968 bits per heavy atom. The summed E-state index contributed by atoms with van der Waals surface area (Å²) in [6.45, 7) is 0. The van der Waals surface area contributed by atoms with Crippen LogP contribution in [0.1, 0.15) is 10.4 Å². The fraction of sp³-hybridized carbons (Fsp3) is 0.0952. The standard InChI is InChI=1S/C21H20N4O5S/c1-29-19-9-4-15(14-20(19)30-2)18(26)10-13-22-16-5-7-17(8-6-16)31(27,28)25-21-23-11-3-12-24-21/h3-14,22H,1-2H3,(H,23,24,25)/b13-10-. The van der Waals surface area contributed by atoms with Gasteiger partial charge < -0.3 is 14.8 Å². The second-order valence-corrected chi connectivity index (χ2v) is 7.80. The molecule has 3 rings (SSSR count). The molecule has 0 bridgehead atoms. The average Bonchev–Trinajstić information content (AvgIpc) is 2.79. The van der Waals surface area contributed by atoms with Crippen molar-refractivity contribution < 1.29 is 22.7 Å². The van der Waals surface area contributed by atoms with Gasteiger partial charge in [0.05, 0.1) is 19.1 Å². The Balaban J connectivity index is 1.63. The van der Waals surface area contributed by atoms with Crippen LogP contribution in [0.2, 0.25) is 0 Å². The highest BCUT2D eigenvalue weighted by Crippen LogP contribution is 2.27. The summed E-state index contributed by atoms with van der Waals surface area (Å²) < 4.78 is 37.4. The van der Waals surface area contributed by atoms with E-state index in [9.17, 15) is 13.2 Å². The number of ether oxygens (including phenoxy) is 2. The van der Waals surface area contributed by atoms with Crippen molar-refractivity contribution in [3.05, 3.63) is 78.8 Å². The van der Waals surface area contributed by atoms with E-state index >= 15 is 0 Å². The van der Waals surface area contributed by atoms with Gasteiger partial charge in [0, 0.05) is 35.9 Å². The molecule has 0 saturated carbocycles. The molecule has 0 aliphatic carbocycles. The first kappa shape index (κ1) is 21.8. The minimum Gasteiger partial charge on any atom is -0.493 e. The number of aromatic nitrogens is 2. The summed E-state index contributed by atoms with van der Waals surface area (Å²) in [5.74, 6) is 0.742. The van der Waals surface area contributed by atoms with E-state index in [2.05, 4.69) is 20.0 Å². The van der Waals surface area contributed by atoms with Gasteiger partial charge in [-0.15, -0.1) is 0 Å². The van der Waals surface area contributed by atoms with Gasteiger partial charge in [-0.05, 0) is 48.5 Å². The summed E-state index contributed by atoms with van der Waals surface area (Å²) in [5.41, 5.74) is 1.04. The van der Waals surface area contributed by atoms with Crippen LogP contribution >= 0.6 is 0 Å². The quantitative estimate of drug-likeness (QED) is 0.385. The lowest BCUT2D eigenvalue weighted by Gasteiger charge is -2.08. The SMILES string of the molecule is COc1ccc(C(=O)/C=C\Nc2ccc(S(=O)(=O)Nc3ncccn3)cc2)cc1OC. The summed E-state index contributed by atoms with van der Waals surface area (Å²) in [7, 11) is -0.795. The molecule has 1 heterocycles. The van der Waals surface area contributed by atoms with Crippen molar-refractivity contribution in [2.75, 3.05) is 24.3 Å². The van der Waals surface area contributed by atoms with Gasteiger partial charge in [-0.1, -0.05) is 0 Å². The molecule has 0 unspecified atom stereocenters. The van der Waals surface area contributed by atoms with E-state index in [0.29, 0.717) is 22.7 Å². The molecular weight excluding hydrogens is 420 g/mol. The molecule has 2 aromatic carbocycles. The zero-order chi connectivity index (χ0) is 22.3. The minimum atomic E-state index is -3.81. The molecule has 0 amide bonds. The number of hydrogen-bond donors (Lipinski definition) is 2. The Bertz CT molecular complexity index is 1180. The Hall–Kier alpha value is -3.92. The maximum absolute atomic E-state index is 12.4. The van der Waals surface area contributed by atoms with Crippen LogP contribution in [-0.2, 0) is 10.0 Å². The predicted octanol–water partition coefficient (Wildman–Crippen LogP) is 3.10. The number of rotatable bonds is 9. The molecule has 1 aromatic heterocycles. The number of nitrogens with one attached hydrogen (secondary N) is 2. The highest BCUT2D eigenvalue weighted by Gasteiger charge is 2.15. The van der Waals surface area contributed by atoms with E-state index in [-0.39, 0.29) is 16.6 Å². The number of ketones is 1. The third-order valence-electron chi connectivity index (χ3n) is 4.11. The summed E-state index contributed by atoms with van der Waals surface area (Å²) >= 11 is 0. The monoisotopic (exact) mass is 440 g/mol. The van der Waals surface area contributed by atoms with Crippen LogP contribution in [-0.4, -0.2) is 38.4 Å². The molecule has 0 spiro atoms. The number of allylic oxidation sites excluding steroid dienone is 1. The largest absolute Gasteiger partial charge is 0.493 e. The maximum atomic E-state index is 12.4. The number of sulfonamides is 1. The molecule has 0 saturated heterocycles. The van der Waals surface area contributed by atoms with E-state index in [0.717, 1.165) is 0 Å². The van der Waals surface area contributed by atoms with Crippen molar-refractivity contribution >= 4 is 27.4 Å². The summed E-state index contributed by atoms with van der Waals surface area (Å²) in [4.78, 5) is 20.1. The Morgan fingerprint density at radius 2 is 1.65 bits per heavy atom. The Labute approximate surface area is 179 Å². The first-order valence-electron chi connectivity index (χ1n) is 9.02. The number of hydrogen-bond acceptors (Lipinski definition) is 8. The first-order valence-corrected chi connectivity index (χ1v) is 10.5. The third kappa shape index (κ3) is 5.58. The van der Waals surface area contributed by atoms with Crippen molar-refractivity contribution in [1.29, 1.82) is 0 Å².